The fourth-order valence-corrected chi connectivity index (χ4v) is 3.55. The van der Waals surface area contributed by atoms with Gasteiger partial charge in [0.2, 0.25) is 11.7 Å². The normalized spacial score (nSPS) is 10.9. The van der Waals surface area contributed by atoms with Crippen LogP contribution in [-0.4, -0.2) is 29.7 Å². The minimum absolute atomic E-state index is 0.366. The first-order valence-corrected chi connectivity index (χ1v) is 10.1. The first-order valence-electron chi connectivity index (χ1n) is 9.35. The first-order chi connectivity index (χ1) is 15.2. The molecule has 4 aromatic heterocycles. The molecule has 152 valence electrons. The summed E-state index contributed by atoms with van der Waals surface area (Å²) in [5.74, 6) is 2.47. The van der Waals surface area contributed by atoms with E-state index >= 15 is 0 Å². The molecule has 9 heteroatoms. The van der Waals surface area contributed by atoms with Crippen molar-refractivity contribution in [2.75, 3.05) is 0 Å². The summed E-state index contributed by atoms with van der Waals surface area (Å²) in [6, 6.07) is 13.1. The highest BCUT2D eigenvalue weighted by atomic mass is 79.9. The van der Waals surface area contributed by atoms with Gasteiger partial charge in [-0.1, -0.05) is 11.2 Å². The molecule has 0 aliphatic heterocycles. The third kappa shape index (κ3) is 3.95. The number of aryl methyl sites for hydroxylation is 1. The van der Waals surface area contributed by atoms with E-state index in [1.165, 1.54) is 0 Å². The van der Waals surface area contributed by atoms with Crippen LogP contribution < -0.4 is 4.74 Å². The van der Waals surface area contributed by atoms with Crippen LogP contribution in [0, 0.1) is 6.92 Å². The molecular weight excluding hydrogens is 460 g/mol. The number of ether oxygens (including phenoxy) is 1. The average Bonchev–Trinajstić information content (AvgIpc) is 3.49. The van der Waals surface area contributed by atoms with Gasteiger partial charge in [-0.3, -0.25) is 4.57 Å². The van der Waals surface area contributed by atoms with Crippen LogP contribution in [0.15, 0.2) is 82.6 Å². The summed E-state index contributed by atoms with van der Waals surface area (Å²) in [5.41, 5.74) is 2.48. The molecule has 0 aliphatic rings. The van der Waals surface area contributed by atoms with E-state index in [0.717, 1.165) is 15.6 Å². The fraction of sp³-hybridized carbons (Fsp3) is 0.0455. The molecular formula is C22H15BrN6O2. The lowest BCUT2D eigenvalue weighted by Gasteiger charge is -2.09. The van der Waals surface area contributed by atoms with Crippen LogP contribution in [0.3, 0.4) is 0 Å². The third-order valence-electron chi connectivity index (χ3n) is 4.49. The molecule has 0 saturated heterocycles. The van der Waals surface area contributed by atoms with Gasteiger partial charge < -0.3 is 9.26 Å². The van der Waals surface area contributed by atoms with Gasteiger partial charge in [0, 0.05) is 30.4 Å². The molecule has 0 spiro atoms. The van der Waals surface area contributed by atoms with Gasteiger partial charge in [0.1, 0.15) is 17.9 Å². The maximum atomic E-state index is 6.03. The minimum atomic E-state index is 0.366. The monoisotopic (exact) mass is 474 g/mol. The summed E-state index contributed by atoms with van der Waals surface area (Å²) in [6.07, 6.45) is 8.52. The third-order valence-corrected chi connectivity index (χ3v) is 5.11. The van der Waals surface area contributed by atoms with E-state index in [1.54, 1.807) is 35.6 Å². The molecule has 0 fully saturated rings. The van der Waals surface area contributed by atoms with Crippen LogP contribution in [0.1, 0.15) is 5.56 Å². The van der Waals surface area contributed by atoms with Crippen molar-refractivity contribution in [3.63, 3.8) is 0 Å². The summed E-state index contributed by atoms with van der Waals surface area (Å²) in [4.78, 5) is 17.3. The number of nitrogens with zero attached hydrogens (tertiary/aromatic N) is 6. The van der Waals surface area contributed by atoms with Crippen LogP contribution in [0.25, 0.3) is 28.7 Å². The Kier molecular flexibility index (Phi) is 5.01. The van der Waals surface area contributed by atoms with E-state index in [-0.39, 0.29) is 0 Å². The first kappa shape index (κ1) is 19.1. The van der Waals surface area contributed by atoms with Crippen LogP contribution in [-0.2, 0) is 0 Å². The number of imidazole rings is 1. The summed E-state index contributed by atoms with van der Waals surface area (Å²) in [7, 11) is 0. The van der Waals surface area contributed by atoms with E-state index in [4.69, 9.17) is 9.26 Å². The lowest BCUT2D eigenvalue weighted by Crippen LogP contribution is -1.94. The van der Waals surface area contributed by atoms with Gasteiger partial charge >= 0.3 is 0 Å². The molecule has 0 atom stereocenters. The van der Waals surface area contributed by atoms with Gasteiger partial charge in [-0.15, -0.1) is 0 Å². The van der Waals surface area contributed by atoms with Crippen molar-refractivity contribution in [3.05, 3.63) is 83.6 Å². The van der Waals surface area contributed by atoms with Crippen molar-refractivity contribution in [2.45, 2.75) is 6.92 Å². The molecule has 0 N–H and O–H groups in total. The molecule has 0 unspecified atom stereocenters. The predicted octanol–water partition coefficient (Wildman–Crippen LogP) is 5.24. The number of aromatic nitrogens is 6. The summed E-state index contributed by atoms with van der Waals surface area (Å²) < 4.78 is 14.2. The highest BCUT2D eigenvalue weighted by molar-refractivity contribution is 9.10. The Bertz CT molecular complexity index is 1350. The topological polar surface area (TPSA) is 91.8 Å². The molecule has 1 aromatic carbocycles. The van der Waals surface area contributed by atoms with E-state index in [9.17, 15) is 0 Å². The fourth-order valence-electron chi connectivity index (χ4n) is 2.97. The second-order valence-corrected chi connectivity index (χ2v) is 7.54. The van der Waals surface area contributed by atoms with Gasteiger partial charge in [-0.2, -0.15) is 4.98 Å². The Balaban J connectivity index is 1.48. The summed E-state index contributed by atoms with van der Waals surface area (Å²) >= 11 is 3.53. The second-order valence-electron chi connectivity index (χ2n) is 6.69. The van der Waals surface area contributed by atoms with Gasteiger partial charge in [0.05, 0.1) is 10.0 Å². The number of hydrogen-bond donors (Lipinski definition) is 0. The minimum Gasteiger partial charge on any atom is -0.437 e. The molecule has 0 saturated carbocycles. The number of rotatable bonds is 5. The van der Waals surface area contributed by atoms with Gasteiger partial charge in [0.25, 0.3) is 5.89 Å². The van der Waals surface area contributed by atoms with E-state index < -0.39 is 0 Å². The Morgan fingerprint density at radius 3 is 2.81 bits per heavy atom. The molecule has 0 amide bonds. The standard InChI is InChI=1S/C22H15BrN6O2/c1-14-4-5-18(17(23)11-14)30-22-16(3-2-7-26-22)20-27-21(31-28-20)15-6-8-25-19(12-15)29-10-9-24-13-29/h2-13H,1H3. The van der Waals surface area contributed by atoms with E-state index in [2.05, 4.69) is 41.0 Å². The van der Waals surface area contributed by atoms with Crippen LogP contribution in [0.5, 0.6) is 11.6 Å². The lowest BCUT2D eigenvalue weighted by molar-refractivity contribution is 0.430. The van der Waals surface area contributed by atoms with Crippen LogP contribution in [0.4, 0.5) is 0 Å². The van der Waals surface area contributed by atoms with Gasteiger partial charge in [-0.05, 0) is 64.8 Å². The maximum Gasteiger partial charge on any atom is 0.258 e. The zero-order valence-electron chi connectivity index (χ0n) is 16.3. The van der Waals surface area contributed by atoms with Crippen molar-refractivity contribution in [2.24, 2.45) is 0 Å². The smallest absolute Gasteiger partial charge is 0.258 e. The SMILES string of the molecule is Cc1ccc(Oc2ncccc2-c2noc(-c3ccnc(-n4ccnc4)c3)n2)c(Br)c1. The molecule has 0 bridgehead atoms. The van der Waals surface area contributed by atoms with Crippen molar-refractivity contribution in [3.8, 4) is 40.3 Å². The molecule has 0 aliphatic carbocycles. The Morgan fingerprint density at radius 2 is 1.97 bits per heavy atom. The van der Waals surface area contributed by atoms with Crippen molar-refractivity contribution < 1.29 is 9.26 Å². The predicted molar refractivity (Wildman–Crippen MR) is 117 cm³/mol. The Hall–Kier alpha value is -3.85. The lowest BCUT2D eigenvalue weighted by atomic mass is 10.2. The van der Waals surface area contributed by atoms with E-state index in [0.29, 0.717) is 34.7 Å². The quantitative estimate of drug-likeness (QED) is 0.343. The highest BCUT2D eigenvalue weighted by Gasteiger charge is 2.17. The Morgan fingerprint density at radius 1 is 1.03 bits per heavy atom. The van der Waals surface area contributed by atoms with Crippen molar-refractivity contribution in [1.82, 2.24) is 29.7 Å². The molecule has 0 radical (unpaired) electrons. The molecule has 8 nitrogen and oxygen atoms in total. The number of benzene rings is 1. The Labute approximate surface area is 185 Å². The van der Waals surface area contributed by atoms with Gasteiger partial charge in [0.15, 0.2) is 0 Å². The molecule has 31 heavy (non-hydrogen) atoms. The van der Waals surface area contributed by atoms with Crippen LogP contribution >= 0.6 is 15.9 Å². The highest BCUT2D eigenvalue weighted by Crippen LogP contribution is 2.34. The van der Waals surface area contributed by atoms with E-state index in [1.807, 2.05) is 49.5 Å². The zero-order valence-corrected chi connectivity index (χ0v) is 17.9. The van der Waals surface area contributed by atoms with Crippen LogP contribution in [0.2, 0.25) is 0 Å². The average molecular weight is 475 g/mol. The second kappa shape index (κ2) is 8.11. The van der Waals surface area contributed by atoms with Crippen molar-refractivity contribution in [1.29, 1.82) is 0 Å². The zero-order chi connectivity index (χ0) is 21.2. The number of halogens is 1. The number of hydrogen-bond acceptors (Lipinski definition) is 7. The maximum absolute atomic E-state index is 6.03. The largest absolute Gasteiger partial charge is 0.437 e. The van der Waals surface area contributed by atoms with Gasteiger partial charge in [-0.25, -0.2) is 15.0 Å². The van der Waals surface area contributed by atoms with Crippen molar-refractivity contribution >= 4 is 15.9 Å². The molecule has 5 rings (SSSR count). The molecule has 4 heterocycles. The molecule has 5 aromatic rings. The number of pyridine rings is 2. The summed E-state index contributed by atoms with van der Waals surface area (Å²) in [5, 5.41) is 4.14. The summed E-state index contributed by atoms with van der Waals surface area (Å²) in [6.45, 7) is 2.01.